The molecule has 0 amide bonds. The Balaban J connectivity index is 2.88. The van der Waals surface area contributed by atoms with E-state index in [-0.39, 0.29) is 0 Å². The molecule has 0 radical (unpaired) electrons. The van der Waals surface area contributed by atoms with Gasteiger partial charge in [0.25, 0.3) is 0 Å². The van der Waals surface area contributed by atoms with Gasteiger partial charge in [-0.2, -0.15) is 0 Å². The van der Waals surface area contributed by atoms with E-state index in [0.29, 0.717) is 29.5 Å². The maximum absolute atomic E-state index is 6.29. The summed E-state index contributed by atoms with van der Waals surface area (Å²) < 4.78 is 6.29. The first-order chi connectivity index (χ1) is 6.82. The molecule has 1 aliphatic heterocycles. The van der Waals surface area contributed by atoms with Crippen LogP contribution in [0.1, 0.15) is 54.9 Å². The van der Waals surface area contributed by atoms with Crippen LogP contribution in [0.15, 0.2) is 0 Å². The molecule has 0 aromatic carbocycles. The predicted octanol–water partition coefficient (Wildman–Crippen LogP) is 4.12. The van der Waals surface area contributed by atoms with Gasteiger partial charge >= 0.3 is 0 Å². The summed E-state index contributed by atoms with van der Waals surface area (Å²) in [5, 5.41) is 0. The zero-order valence-electron chi connectivity index (χ0n) is 11.5. The predicted molar refractivity (Wildman–Crippen MR) is 65.9 cm³/mol. The van der Waals surface area contributed by atoms with E-state index < -0.39 is 0 Å². The normalized spacial score (nSPS) is 40.8. The lowest BCUT2D eigenvalue weighted by Gasteiger charge is -2.51. The first-order valence-electron chi connectivity index (χ1n) is 6.47. The lowest BCUT2D eigenvalue weighted by atomic mass is 9.64. The fourth-order valence-corrected chi connectivity index (χ4v) is 3.13. The molecular formula is C14H28O. The third kappa shape index (κ3) is 2.22. The Kier molecular flexibility index (Phi) is 3.86. The number of hydrogen-bond acceptors (Lipinski definition) is 1. The topological polar surface area (TPSA) is 9.23 Å². The summed E-state index contributed by atoms with van der Waals surface area (Å²) in [5.74, 6) is 2.04. The first kappa shape index (κ1) is 13.0. The fraction of sp³-hybridized carbons (Fsp3) is 1.00. The zero-order valence-corrected chi connectivity index (χ0v) is 11.5. The quantitative estimate of drug-likeness (QED) is 0.669. The van der Waals surface area contributed by atoms with Crippen LogP contribution in [0.4, 0.5) is 0 Å². The average Bonchev–Trinajstić information content (AvgIpc) is 2.14. The van der Waals surface area contributed by atoms with E-state index in [0.717, 1.165) is 12.3 Å². The van der Waals surface area contributed by atoms with E-state index in [4.69, 9.17) is 4.74 Å². The zero-order chi connectivity index (χ0) is 11.8. The van der Waals surface area contributed by atoms with Crippen molar-refractivity contribution in [3.05, 3.63) is 0 Å². The lowest BCUT2D eigenvalue weighted by molar-refractivity contribution is -0.186. The molecule has 90 valence electrons. The largest absolute Gasteiger partial charge is 0.374 e. The number of hydrogen-bond donors (Lipinski definition) is 0. The van der Waals surface area contributed by atoms with Gasteiger partial charge in [0, 0.05) is 0 Å². The SMILES string of the molecule is CCC1O[C@H](C(C)C)C(C)[C@@H](C)C1(C)C. The van der Waals surface area contributed by atoms with Crippen molar-refractivity contribution >= 4 is 0 Å². The monoisotopic (exact) mass is 212 g/mol. The minimum Gasteiger partial charge on any atom is -0.374 e. The molecule has 1 saturated heterocycles. The summed E-state index contributed by atoms with van der Waals surface area (Å²) in [6.07, 6.45) is 2.00. The van der Waals surface area contributed by atoms with Crippen molar-refractivity contribution in [3.63, 3.8) is 0 Å². The van der Waals surface area contributed by atoms with Gasteiger partial charge in [0.1, 0.15) is 0 Å². The van der Waals surface area contributed by atoms with Gasteiger partial charge in [-0.3, -0.25) is 0 Å². The van der Waals surface area contributed by atoms with Gasteiger partial charge in [0.15, 0.2) is 0 Å². The van der Waals surface area contributed by atoms with E-state index in [1.807, 2.05) is 0 Å². The molecular weight excluding hydrogens is 184 g/mol. The van der Waals surface area contributed by atoms with Crippen molar-refractivity contribution < 1.29 is 4.74 Å². The molecule has 1 nitrogen and oxygen atoms in total. The molecule has 1 rings (SSSR count). The Morgan fingerprint density at radius 3 is 2.13 bits per heavy atom. The summed E-state index contributed by atoms with van der Waals surface area (Å²) in [7, 11) is 0. The highest BCUT2D eigenvalue weighted by atomic mass is 16.5. The molecule has 2 unspecified atom stereocenters. The molecule has 1 fully saturated rings. The van der Waals surface area contributed by atoms with E-state index in [2.05, 4.69) is 48.5 Å². The van der Waals surface area contributed by atoms with Gasteiger partial charge in [-0.15, -0.1) is 0 Å². The van der Waals surface area contributed by atoms with Crippen LogP contribution < -0.4 is 0 Å². The van der Waals surface area contributed by atoms with Crippen molar-refractivity contribution in [1.29, 1.82) is 0 Å². The highest BCUT2D eigenvalue weighted by molar-refractivity contribution is 4.94. The minimum atomic E-state index is 0.319. The smallest absolute Gasteiger partial charge is 0.0630 e. The molecule has 1 heterocycles. The van der Waals surface area contributed by atoms with Crippen molar-refractivity contribution in [1.82, 2.24) is 0 Å². The van der Waals surface area contributed by atoms with Crippen molar-refractivity contribution in [2.75, 3.05) is 0 Å². The van der Waals surface area contributed by atoms with Crippen molar-refractivity contribution in [3.8, 4) is 0 Å². The second-order valence-corrected chi connectivity index (χ2v) is 6.21. The van der Waals surface area contributed by atoms with Gasteiger partial charge in [-0.25, -0.2) is 0 Å². The fourth-order valence-electron chi connectivity index (χ4n) is 3.13. The highest BCUT2D eigenvalue weighted by Gasteiger charge is 2.46. The molecule has 1 heteroatoms. The van der Waals surface area contributed by atoms with Crippen LogP contribution in [0, 0.1) is 23.2 Å². The number of ether oxygens (including phenoxy) is 1. The van der Waals surface area contributed by atoms with Crippen LogP contribution in [0.5, 0.6) is 0 Å². The second kappa shape index (κ2) is 4.45. The third-order valence-corrected chi connectivity index (χ3v) is 4.66. The van der Waals surface area contributed by atoms with E-state index in [1.54, 1.807) is 0 Å². The molecule has 15 heavy (non-hydrogen) atoms. The van der Waals surface area contributed by atoms with E-state index >= 15 is 0 Å². The Morgan fingerprint density at radius 1 is 1.20 bits per heavy atom. The van der Waals surface area contributed by atoms with Crippen molar-refractivity contribution in [2.45, 2.75) is 67.1 Å². The highest BCUT2D eigenvalue weighted by Crippen LogP contribution is 2.46. The Hall–Kier alpha value is -0.0400. The van der Waals surface area contributed by atoms with Crippen LogP contribution in [0.2, 0.25) is 0 Å². The standard InChI is InChI=1S/C14H28O/c1-8-12-14(6,7)11(5)10(4)13(15-12)9(2)3/h9-13H,8H2,1-7H3/t10?,11-,12?,13-/m1/s1. The molecule has 4 atom stereocenters. The maximum Gasteiger partial charge on any atom is 0.0630 e. The summed E-state index contributed by atoms with van der Waals surface area (Å²) in [4.78, 5) is 0. The van der Waals surface area contributed by atoms with Gasteiger partial charge in [-0.05, 0) is 29.6 Å². The van der Waals surface area contributed by atoms with Gasteiger partial charge in [-0.1, -0.05) is 48.5 Å². The van der Waals surface area contributed by atoms with Gasteiger partial charge in [0.2, 0.25) is 0 Å². The molecule has 0 aromatic heterocycles. The number of rotatable bonds is 2. The van der Waals surface area contributed by atoms with E-state index in [9.17, 15) is 0 Å². The van der Waals surface area contributed by atoms with Gasteiger partial charge in [0.05, 0.1) is 12.2 Å². The maximum atomic E-state index is 6.29. The Labute approximate surface area is 95.6 Å². The first-order valence-corrected chi connectivity index (χ1v) is 6.47. The van der Waals surface area contributed by atoms with E-state index in [1.165, 1.54) is 0 Å². The molecule has 0 N–H and O–H groups in total. The Morgan fingerprint density at radius 2 is 1.73 bits per heavy atom. The molecule has 0 aromatic rings. The van der Waals surface area contributed by atoms with Crippen LogP contribution in [0.25, 0.3) is 0 Å². The molecule has 1 aliphatic rings. The average molecular weight is 212 g/mol. The summed E-state index contributed by atoms with van der Waals surface area (Å²) in [6, 6.07) is 0. The van der Waals surface area contributed by atoms with Crippen LogP contribution in [-0.4, -0.2) is 12.2 Å². The van der Waals surface area contributed by atoms with Crippen molar-refractivity contribution in [2.24, 2.45) is 23.2 Å². The second-order valence-electron chi connectivity index (χ2n) is 6.21. The summed E-state index contributed by atoms with van der Waals surface area (Å²) in [6.45, 7) is 16.3. The minimum absolute atomic E-state index is 0.319. The molecule has 0 bridgehead atoms. The van der Waals surface area contributed by atoms with Crippen LogP contribution >= 0.6 is 0 Å². The van der Waals surface area contributed by atoms with Crippen LogP contribution in [0.3, 0.4) is 0 Å². The summed E-state index contributed by atoms with van der Waals surface area (Å²) in [5.41, 5.74) is 0.319. The molecule has 0 aliphatic carbocycles. The van der Waals surface area contributed by atoms with Crippen LogP contribution in [-0.2, 0) is 4.74 Å². The Bertz CT molecular complexity index is 201. The molecule has 0 saturated carbocycles. The summed E-state index contributed by atoms with van der Waals surface area (Å²) >= 11 is 0. The third-order valence-electron chi connectivity index (χ3n) is 4.66. The lowest BCUT2D eigenvalue weighted by Crippen LogP contribution is -2.52. The van der Waals surface area contributed by atoms with Gasteiger partial charge < -0.3 is 4.74 Å². The molecule has 0 spiro atoms.